The van der Waals surface area contributed by atoms with Gasteiger partial charge in [0.2, 0.25) is 0 Å². The molecular formula is C13H18N2O2. The molecule has 1 aromatic heterocycles. The standard InChI is InChI=1S/C13H18N2O2/c1-4-5-10(2)14-9-12-7-6-11(8-15-12)13(16)17-3/h4,6-8,10,14H,1,5,9H2,2-3H3. The SMILES string of the molecule is C=CCC(C)NCc1ccc(C(=O)OC)cn1. The van der Waals surface area contributed by atoms with Gasteiger partial charge in [-0.15, -0.1) is 6.58 Å². The summed E-state index contributed by atoms with van der Waals surface area (Å²) in [6.45, 7) is 6.45. The largest absolute Gasteiger partial charge is 0.465 e. The molecule has 4 nitrogen and oxygen atoms in total. The van der Waals surface area contributed by atoms with Gasteiger partial charge in [-0.3, -0.25) is 4.98 Å². The number of hydrogen-bond acceptors (Lipinski definition) is 4. The van der Waals surface area contributed by atoms with Crippen LogP contribution in [0.1, 0.15) is 29.4 Å². The second-order valence-corrected chi connectivity index (χ2v) is 3.84. The Hall–Kier alpha value is -1.68. The van der Waals surface area contributed by atoms with Gasteiger partial charge in [0.05, 0.1) is 18.4 Å². The van der Waals surface area contributed by atoms with Gasteiger partial charge >= 0.3 is 5.97 Å². The van der Waals surface area contributed by atoms with Crippen LogP contribution in [0.2, 0.25) is 0 Å². The van der Waals surface area contributed by atoms with E-state index < -0.39 is 0 Å². The van der Waals surface area contributed by atoms with Crippen molar-refractivity contribution in [1.82, 2.24) is 10.3 Å². The van der Waals surface area contributed by atoms with E-state index in [0.29, 0.717) is 18.2 Å². The highest BCUT2D eigenvalue weighted by atomic mass is 16.5. The van der Waals surface area contributed by atoms with Crippen molar-refractivity contribution in [2.75, 3.05) is 7.11 Å². The van der Waals surface area contributed by atoms with Crippen LogP contribution >= 0.6 is 0 Å². The number of pyridine rings is 1. The average molecular weight is 234 g/mol. The molecule has 0 aliphatic rings. The van der Waals surface area contributed by atoms with Crippen molar-refractivity contribution in [3.63, 3.8) is 0 Å². The molecule has 0 amide bonds. The highest BCUT2D eigenvalue weighted by Gasteiger charge is 2.05. The third-order valence-electron chi connectivity index (χ3n) is 2.40. The number of carbonyl (C=O) groups is 1. The molecule has 1 atom stereocenters. The van der Waals surface area contributed by atoms with E-state index in [9.17, 15) is 4.79 Å². The number of hydrogen-bond donors (Lipinski definition) is 1. The van der Waals surface area contributed by atoms with E-state index in [1.165, 1.54) is 13.3 Å². The number of rotatable bonds is 6. The minimum absolute atomic E-state index is 0.364. The summed E-state index contributed by atoms with van der Waals surface area (Å²) in [4.78, 5) is 15.4. The van der Waals surface area contributed by atoms with Crippen molar-refractivity contribution in [2.45, 2.75) is 25.9 Å². The fourth-order valence-electron chi connectivity index (χ4n) is 1.38. The topological polar surface area (TPSA) is 51.2 Å². The summed E-state index contributed by atoms with van der Waals surface area (Å²) in [6, 6.07) is 3.91. The first kappa shape index (κ1) is 13.4. The van der Waals surface area contributed by atoms with Crippen molar-refractivity contribution in [3.8, 4) is 0 Å². The van der Waals surface area contributed by atoms with Crippen LogP contribution in [0.5, 0.6) is 0 Å². The van der Waals surface area contributed by atoms with Crippen LogP contribution in [0.25, 0.3) is 0 Å². The Morgan fingerprint density at radius 3 is 2.94 bits per heavy atom. The van der Waals surface area contributed by atoms with Crippen LogP contribution in [0.4, 0.5) is 0 Å². The van der Waals surface area contributed by atoms with E-state index in [4.69, 9.17) is 0 Å². The predicted octanol–water partition coefficient (Wildman–Crippen LogP) is 1.92. The Kier molecular flexibility index (Phi) is 5.36. The number of methoxy groups -OCH3 is 1. The summed E-state index contributed by atoms with van der Waals surface area (Å²) in [7, 11) is 1.36. The number of ether oxygens (including phenoxy) is 1. The molecule has 0 bridgehead atoms. The van der Waals surface area contributed by atoms with E-state index in [2.05, 4.69) is 28.5 Å². The molecule has 0 saturated heterocycles. The second kappa shape index (κ2) is 6.81. The van der Waals surface area contributed by atoms with Gasteiger partial charge in [-0.1, -0.05) is 6.08 Å². The second-order valence-electron chi connectivity index (χ2n) is 3.84. The lowest BCUT2D eigenvalue weighted by molar-refractivity contribution is 0.0600. The molecule has 0 aliphatic carbocycles. The van der Waals surface area contributed by atoms with Gasteiger partial charge in [0, 0.05) is 18.8 Å². The lowest BCUT2D eigenvalue weighted by Gasteiger charge is -2.10. The van der Waals surface area contributed by atoms with Gasteiger partial charge in [-0.25, -0.2) is 4.79 Å². The predicted molar refractivity (Wildman–Crippen MR) is 66.7 cm³/mol. The van der Waals surface area contributed by atoms with Crippen molar-refractivity contribution in [1.29, 1.82) is 0 Å². The highest BCUT2D eigenvalue weighted by Crippen LogP contribution is 2.02. The maximum atomic E-state index is 11.2. The zero-order chi connectivity index (χ0) is 12.7. The van der Waals surface area contributed by atoms with Crippen LogP contribution in [-0.2, 0) is 11.3 Å². The van der Waals surface area contributed by atoms with Gasteiger partial charge in [0.25, 0.3) is 0 Å². The highest BCUT2D eigenvalue weighted by molar-refractivity contribution is 5.88. The molecule has 1 heterocycles. The molecule has 4 heteroatoms. The number of carbonyl (C=O) groups excluding carboxylic acids is 1. The van der Waals surface area contributed by atoms with Crippen LogP contribution in [-0.4, -0.2) is 24.1 Å². The first-order valence-corrected chi connectivity index (χ1v) is 5.55. The van der Waals surface area contributed by atoms with Gasteiger partial charge in [-0.05, 0) is 25.5 Å². The Morgan fingerprint density at radius 2 is 2.41 bits per heavy atom. The van der Waals surface area contributed by atoms with Gasteiger partial charge in [-0.2, -0.15) is 0 Å². The Morgan fingerprint density at radius 1 is 1.65 bits per heavy atom. The van der Waals surface area contributed by atoms with E-state index in [1.807, 2.05) is 12.1 Å². The first-order valence-electron chi connectivity index (χ1n) is 5.55. The third-order valence-corrected chi connectivity index (χ3v) is 2.40. The van der Waals surface area contributed by atoms with Gasteiger partial charge < -0.3 is 10.1 Å². The maximum Gasteiger partial charge on any atom is 0.339 e. The van der Waals surface area contributed by atoms with E-state index in [0.717, 1.165) is 12.1 Å². The van der Waals surface area contributed by atoms with Crippen molar-refractivity contribution >= 4 is 5.97 Å². The van der Waals surface area contributed by atoms with Crippen LogP contribution in [0.15, 0.2) is 31.0 Å². The molecule has 0 radical (unpaired) electrons. The zero-order valence-corrected chi connectivity index (χ0v) is 10.3. The molecule has 92 valence electrons. The summed E-state index contributed by atoms with van der Waals surface area (Å²) in [6.07, 6.45) is 4.33. The number of nitrogens with one attached hydrogen (secondary N) is 1. The lowest BCUT2D eigenvalue weighted by atomic mass is 10.2. The van der Waals surface area contributed by atoms with Gasteiger partial charge in [0.15, 0.2) is 0 Å². The zero-order valence-electron chi connectivity index (χ0n) is 10.3. The molecule has 0 spiro atoms. The van der Waals surface area contributed by atoms with Gasteiger partial charge in [0.1, 0.15) is 0 Å². The Labute approximate surface area is 102 Å². The summed E-state index contributed by atoms with van der Waals surface area (Å²) in [5, 5.41) is 3.31. The molecular weight excluding hydrogens is 216 g/mol. The lowest BCUT2D eigenvalue weighted by Crippen LogP contribution is -2.25. The van der Waals surface area contributed by atoms with E-state index >= 15 is 0 Å². The number of esters is 1. The molecule has 0 aromatic carbocycles. The minimum Gasteiger partial charge on any atom is -0.465 e. The molecule has 1 aromatic rings. The summed E-state index contributed by atoms with van der Waals surface area (Å²) in [5.74, 6) is -0.364. The Bertz CT molecular complexity index is 374. The van der Waals surface area contributed by atoms with Crippen molar-refractivity contribution in [2.24, 2.45) is 0 Å². The first-order chi connectivity index (χ1) is 8.17. The van der Waals surface area contributed by atoms with Crippen molar-refractivity contribution in [3.05, 3.63) is 42.2 Å². The minimum atomic E-state index is -0.364. The fraction of sp³-hybridized carbons (Fsp3) is 0.385. The van der Waals surface area contributed by atoms with Crippen LogP contribution < -0.4 is 5.32 Å². The summed E-state index contributed by atoms with van der Waals surface area (Å²) >= 11 is 0. The fourth-order valence-corrected chi connectivity index (χ4v) is 1.38. The smallest absolute Gasteiger partial charge is 0.339 e. The third kappa shape index (κ3) is 4.36. The summed E-state index contributed by atoms with van der Waals surface area (Å²) < 4.78 is 4.60. The molecule has 0 aliphatic heterocycles. The molecule has 0 fully saturated rings. The summed E-state index contributed by atoms with van der Waals surface area (Å²) in [5.41, 5.74) is 1.36. The average Bonchev–Trinajstić information content (AvgIpc) is 2.36. The van der Waals surface area contributed by atoms with Crippen LogP contribution in [0, 0.1) is 0 Å². The number of aromatic nitrogens is 1. The molecule has 17 heavy (non-hydrogen) atoms. The quantitative estimate of drug-likeness (QED) is 0.603. The van der Waals surface area contributed by atoms with Crippen LogP contribution in [0.3, 0.4) is 0 Å². The van der Waals surface area contributed by atoms with E-state index in [1.54, 1.807) is 6.07 Å². The monoisotopic (exact) mass is 234 g/mol. The molecule has 1 unspecified atom stereocenters. The molecule has 1 N–H and O–H groups in total. The Balaban J connectivity index is 2.51. The van der Waals surface area contributed by atoms with E-state index in [-0.39, 0.29) is 5.97 Å². The van der Waals surface area contributed by atoms with Crippen molar-refractivity contribution < 1.29 is 9.53 Å². The maximum absolute atomic E-state index is 11.2. The number of nitrogens with zero attached hydrogens (tertiary/aromatic N) is 1. The molecule has 0 saturated carbocycles. The molecule has 1 rings (SSSR count). The normalized spacial score (nSPS) is 11.9.